The number of aromatic nitrogens is 2. The maximum Gasteiger partial charge on any atom is 0.407 e. The summed E-state index contributed by atoms with van der Waals surface area (Å²) >= 11 is 0. The molecule has 1 aromatic heterocycles. The molecule has 2 N–H and O–H groups in total. The summed E-state index contributed by atoms with van der Waals surface area (Å²) in [6, 6.07) is 0. The van der Waals surface area contributed by atoms with Crippen LogP contribution in [0.25, 0.3) is 0 Å². The molecule has 0 radical (unpaired) electrons. The molecule has 9 nitrogen and oxygen atoms in total. The fraction of sp³-hybridized carbons (Fsp3) is 0.429. The second-order valence-corrected chi connectivity index (χ2v) is 4.39. The van der Waals surface area contributed by atoms with Gasteiger partial charge in [-0.25, -0.2) is 14.6 Å². The van der Waals surface area contributed by atoms with Gasteiger partial charge in [0.25, 0.3) is 0 Å². The fourth-order valence-electron chi connectivity index (χ4n) is 1.58. The Morgan fingerprint density at radius 3 is 2.78 bits per heavy atom. The Kier molecular flexibility index (Phi) is 7.31. The van der Waals surface area contributed by atoms with Crippen molar-refractivity contribution in [2.45, 2.75) is 13.3 Å². The minimum Gasteiger partial charge on any atom is -0.460 e. The average Bonchev–Trinajstić information content (AvgIpc) is 2.86. The largest absolute Gasteiger partial charge is 0.460 e. The van der Waals surface area contributed by atoms with Crippen LogP contribution in [-0.2, 0) is 21.3 Å². The Balaban J connectivity index is 2.43. The molecule has 1 aromatic rings. The molecule has 2 amide bonds. The van der Waals surface area contributed by atoms with E-state index in [-0.39, 0.29) is 43.7 Å². The van der Waals surface area contributed by atoms with Gasteiger partial charge in [0.15, 0.2) is 5.82 Å². The fourth-order valence-corrected chi connectivity index (χ4v) is 1.58. The van der Waals surface area contributed by atoms with Crippen molar-refractivity contribution in [3.05, 3.63) is 24.7 Å². The van der Waals surface area contributed by atoms with Gasteiger partial charge in [-0.1, -0.05) is 12.7 Å². The first kappa shape index (κ1) is 18.2. The molecule has 0 atom stereocenters. The third-order valence-electron chi connectivity index (χ3n) is 2.56. The van der Waals surface area contributed by atoms with Crippen LogP contribution in [0.5, 0.6) is 0 Å². The zero-order valence-corrected chi connectivity index (χ0v) is 13.1. The number of alkyl carbamates (subject to hydrolysis) is 1. The zero-order chi connectivity index (χ0) is 17.2. The Hall–Kier alpha value is -2.84. The first-order valence-electron chi connectivity index (χ1n) is 6.99. The van der Waals surface area contributed by atoms with Gasteiger partial charge in [0.2, 0.25) is 11.7 Å². The minimum atomic E-state index is -0.625. The van der Waals surface area contributed by atoms with Gasteiger partial charge in [-0.2, -0.15) is 0 Å². The number of carbonyl (C=O) groups excluding carboxylic acids is 3. The van der Waals surface area contributed by atoms with Gasteiger partial charge in [-0.3, -0.25) is 4.79 Å². The van der Waals surface area contributed by atoms with E-state index in [4.69, 9.17) is 9.47 Å². The highest BCUT2D eigenvalue weighted by molar-refractivity contribution is 5.91. The highest BCUT2D eigenvalue weighted by atomic mass is 16.5. The monoisotopic (exact) mass is 324 g/mol. The molecule has 0 bridgehead atoms. The number of anilines is 1. The van der Waals surface area contributed by atoms with Crippen molar-refractivity contribution in [3.63, 3.8) is 0 Å². The topological polar surface area (TPSA) is 112 Å². The van der Waals surface area contributed by atoms with E-state index in [1.165, 1.54) is 16.8 Å². The predicted octanol–water partition coefficient (Wildman–Crippen LogP) is 0.838. The molecule has 9 heteroatoms. The van der Waals surface area contributed by atoms with E-state index >= 15 is 0 Å². The summed E-state index contributed by atoms with van der Waals surface area (Å²) in [4.78, 5) is 38.5. The lowest BCUT2D eigenvalue weighted by Crippen LogP contribution is -2.28. The Morgan fingerprint density at radius 2 is 2.13 bits per heavy atom. The van der Waals surface area contributed by atoms with E-state index in [1.807, 2.05) is 0 Å². The van der Waals surface area contributed by atoms with Gasteiger partial charge < -0.3 is 24.7 Å². The Morgan fingerprint density at radius 1 is 1.39 bits per heavy atom. The van der Waals surface area contributed by atoms with Crippen molar-refractivity contribution in [2.24, 2.45) is 7.05 Å². The summed E-state index contributed by atoms with van der Waals surface area (Å²) in [5.74, 6) is -0.604. The van der Waals surface area contributed by atoms with Crippen LogP contribution in [-0.4, -0.2) is 47.3 Å². The summed E-state index contributed by atoms with van der Waals surface area (Å²) in [5, 5.41) is 4.95. The number of rotatable bonds is 8. The number of hydrogen-bond donors (Lipinski definition) is 2. The number of imidazole rings is 1. The number of ether oxygens (including phenoxy) is 2. The second kappa shape index (κ2) is 9.23. The van der Waals surface area contributed by atoms with Crippen molar-refractivity contribution in [1.29, 1.82) is 0 Å². The smallest absolute Gasteiger partial charge is 0.407 e. The van der Waals surface area contributed by atoms with Gasteiger partial charge in [0, 0.05) is 26.2 Å². The van der Waals surface area contributed by atoms with Crippen LogP contribution in [0.1, 0.15) is 24.0 Å². The maximum atomic E-state index is 11.7. The van der Waals surface area contributed by atoms with Gasteiger partial charge in [-0.05, 0) is 6.92 Å². The molecule has 1 heterocycles. The van der Waals surface area contributed by atoms with Crippen LogP contribution in [0.3, 0.4) is 0 Å². The predicted molar refractivity (Wildman–Crippen MR) is 82.0 cm³/mol. The lowest BCUT2D eigenvalue weighted by molar-refractivity contribution is -0.116. The van der Waals surface area contributed by atoms with Gasteiger partial charge in [0.05, 0.1) is 6.61 Å². The molecule has 0 saturated carbocycles. The zero-order valence-electron chi connectivity index (χ0n) is 13.1. The average molecular weight is 324 g/mol. The van der Waals surface area contributed by atoms with Crippen LogP contribution in [0.4, 0.5) is 10.6 Å². The highest BCUT2D eigenvalue weighted by Gasteiger charge is 2.16. The van der Waals surface area contributed by atoms with Crippen molar-refractivity contribution in [2.75, 3.05) is 25.1 Å². The first-order valence-corrected chi connectivity index (χ1v) is 6.99. The summed E-state index contributed by atoms with van der Waals surface area (Å²) in [7, 11) is 1.62. The standard InChI is InChI=1S/C14H20N4O5/c1-4-8-23-14(21)15-7-6-11(19)16-10-9-18(3)12(17-10)13(20)22-5-2/h4,9H,1,5-8H2,2-3H3,(H,15,21)(H,16,19). The number of esters is 1. The number of carbonyl (C=O) groups is 3. The first-order chi connectivity index (χ1) is 11.0. The van der Waals surface area contributed by atoms with Crippen LogP contribution in [0.2, 0.25) is 0 Å². The van der Waals surface area contributed by atoms with Crippen molar-refractivity contribution < 1.29 is 23.9 Å². The van der Waals surface area contributed by atoms with Crippen molar-refractivity contribution in [1.82, 2.24) is 14.9 Å². The van der Waals surface area contributed by atoms with Gasteiger partial charge >= 0.3 is 12.1 Å². The minimum absolute atomic E-state index is 0.0362. The third-order valence-corrected chi connectivity index (χ3v) is 2.56. The number of aryl methyl sites for hydroxylation is 1. The van der Waals surface area contributed by atoms with Crippen LogP contribution in [0.15, 0.2) is 18.9 Å². The van der Waals surface area contributed by atoms with Crippen molar-refractivity contribution >= 4 is 23.8 Å². The number of nitrogens with one attached hydrogen (secondary N) is 2. The summed E-state index contributed by atoms with van der Waals surface area (Å²) in [6.45, 7) is 5.55. The van der Waals surface area contributed by atoms with Gasteiger partial charge in [-0.15, -0.1) is 0 Å². The lowest BCUT2D eigenvalue weighted by Gasteiger charge is -2.05. The highest BCUT2D eigenvalue weighted by Crippen LogP contribution is 2.08. The molecule has 0 aliphatic heterocycles. The molecule has 0 aliphatic carbocycles. The molecule has 126 valence electrons. The number of nitrogens with zero attached hydrogens (tertiary/aromatic N) is 2. The molecule has 0 fully saturated rings. The maximum absolute atomic E-state index is 11.7. The molecular formula is C14H20N4O5. The summed E-state index contributed by atoms with van der Waals surface area (Å²) in [5.41, 5.74) is 0. The van der Waals surface area contributed by atoms with Crippen molar-refractivity contribution in [3.8, 4) is 0 Å². The Labute approximate surface area is 133 Å². The van der Waals surface area contributed by atoms with E-state index in [1.54, 1.807) is 14.0 Å². The molecule has 0 saturated heterocycles. The SMILES string of the molecule is C=CCOC(=O)NCCC(=O)Nc1cn(C)c(C(=O)OCC)n1. The molecule has 0 aliphatic rings. The van der Waals surface area contributed by atoms with Crippen LogP contribution < -0.4 is 10.6 Å². The molecular weight excluding hydrogens is 304 g/mol. The van der Waals surface area contributed by atoms with E-state index in [0.29, 0.717) is 0 Å². The lowest BCUT2D eigenvalue weighted by atomic mass is 10.4. The van der Waals surface area contributed by atoms with E-state index < -0.39 is 12.1 Å². The molecule has 0 unspecified atom stereocenters. The van der Waals surface area contributed by atoms with Crippen LogP contribution in [0, 0.1) is 0 Å². The van der Waals surface area contributed by atoms with E-state index in [0.717, 1.165) is 0 Å². The quantitative estimate of drug-likeness (QED) is 0.541. The molecule has 0 spiro atoms. The van der Waals surface area contributed by atoms with E-state index in [9.17, 15) is 14.4 Å². The van der Waals surface area contributed by atoms with Crippen LogP contribution >= 0.6 is 0 Å². The molecule has 1 rings (SSSR count). The molecule has 23 heavy (non-hydrogen) atoms. The normalized spacial score (nSPS) is 9.83. The molecule has 0 aromatic carbocycles. The summed E-state index contributed by atoms with van der Waals surface area (Å²) in [6.07, 6.45) is 2.35. The van der Waals surface area contributed by atoms with E-state index in [2.05, 4.69) is 22.2 Å². The number of hydrogen-bond acceptors (Lipinski definition) is 6. The second-order valence-electron chi connectivity index (χ2n) is 4.39. The summed E-state index contributed by atoms with van der Waals surface area (Å²) < 4.78 is 11.0. The number of amides is 2. The third kappa shape index (κ3) is 6.20. The van der Waals surface area contributed by atoms with Gasteiger partial charge in [0.1, 0.15) is 6.61 Å². The Bertz CT molecular complexity index is 582.